The Hall–Kier alpha value is -2.40. The van der Waals surface area contributed by atoms with Gasteiger partial charge in [-0.2, -0.15) is 0 Å². The van der Waals surface area contributed by atoms with Crippen LogP contribution >= 0.6 is 11.6 Å². The van der Waals surface area contributed by atoms with Gasteiger partial charge in [0.15, 0.2) is 0 Å². The van der Waals surface area contributed by atoms with Gasteiger partial charge < -0.3 is 10.4 Å². The summed E-state index contributed by atoms with van der Waals surface area (Å²) in [7, 11) is 0. The summed E-state index contributed by atoms with van der Waals surface area (Å²) in [6, 6.07) is 11.0. The zero-order valence-corrected chi connectivity index (χ0v) is 14.1. The van der Waals surface area contributed by atoms with Crippen LogP contribution in [0.3, 0.4) is 0 Å². The van der Waals surface area contributed by atoms with Crippen LogP contribution in [-0.4, -0.2) is 17.0 Å². The van der Waals surface area contributed by atoms with E-state index >= 15 is 0 Å². The number of rotatable bonds is 4. The number of nitrogens with one attached hydrogen (secondary N) is 1. The van der Waals surface area contributed by atoms with Gasteiger partial charge in [0.1, 0.15) is 5.82 Å². The van der Waals surface area contributed by atoms with E-state index in [1.165, 1.54) is 18.2 Å². The van der Waals surface area contributed by atoms with E-state index in [4.69, 9.17) is 16.7 Å². The molecule has 2 atom stereocenters. The molecule has 3 rings (SSSR count). The number of hydrogen-bond acceptors (Lipinski definition) is 2. The molecule has 2 aromatic carbocycles. The van der Waals surface area contributed by atoms with Gasteiger partial charge in [-0.15, -0.1) is 0 Å². The second-order valence-corrected chi connectivity index (χ2v) is 6.67. The number of carboxylic acids is 1. The minimum Gasteiger partial charge on any atom is -0.481 e. The Labute approximate surface area is 149 Å². The molecule has 130 valence electrons. The van der Waals surface area contributed by atoms with Gasteiger partial charge in [0.2, 0.25) is 5.91 Å². The highest BCUT2D eigenvalue weighted by Crippen LogP contribution is 2.34. The maximum absolute atomic E-state index is 13.7. The fourth-order valence-corrected chi connectivity index (χ4v) is 3.30. The molecule has 1 saturated carbocycles. The van der Waals surface area contributed by atoms with Gasteiger partial charge in [-0.1, -0.05) is 23.7 Å². The number of halogens is 2. The highest BCUT2D eigenvalue weighted by atomic mass is 35.5. The van der Waals surface area contributed by atoms with Crippen molar-refractivity contribution in [1.29, 1.82) is 0 Å². The van der Waals surface area contributed by atoms with E-state index in [0.717, 1.165) is 5.56 Å². The summed E-state index contributed by atoms with van der Waals surface area (Å²) in [4.78, 5) is 23.5. The molecule has 0 radical (unpaired) electrons. The van der Waals surface area contributed by atoms with Gasteiger partial charge in [0.25, 0.3) is 0 Å². The lowest BCUT2D eigenvalue weighted by Gasteiger charge is -2.15. The third kappa shape index (κ3) is 3.99. The molecule has 4 nitrogen and oxygen atoms in total. The van der Waals surface area contributed by atoms with E-state index in [1.807, 2.05) is 0 Å². The molecule has 0 bridgehead atoms. The normalized spacial score (nSPS) is 19.6. The number of benzene rings is 2. The molecule has 2 N–H and O–H groups in total. The highest BCUT2D eigenvalue weighted by Gasteiger charge is 2.34. The molecule has 0 aromatic heterocycles. The first-order valence-corrected chi connectivity index (χ1v) is 8.41. The molecule has 0 saturated heterocycles. The first-order valence-electron chi connectivity index (χ1n) is 8.03. The monoisotopic (exact) mass is 361 g/mol. The van der Waals surface area contributed by atoms with Crippen molar-refractivity contribution in [3.63, 3.8) is 0 Å². The van der Waals surface area contributed by atoms with Gasteiger partial charge in [0, 0.05) is 22.2 Å². The highest BCUT2D eigenvalue weighted by molar-refractivity contribution is 6.30. The molecule has 1 aliphatic rings. The van der Waals surface area contributed by atoms with Gasteiger partial charge >= 0.3 is 5.97 Å². The predicted octanol–water partition coefficient (Wildman–Crippen LogP) is 4.59. The molecule has 0 unspecified atom stereocenters. The lowest BCUT2D eigenvalue weighted by atomic mass is 10.0. The summed E-state index contributed by atoms with van der Waals surface area (Å²) in [5.74, 6) is -2.32. The number of carboxylic acid groups (broad SMARTS) is 1. The van der Waals surface area contributed by atoms with Crippen molar-refractivity contribution in [3.05, 3.63) is 53.3 Å². The van der Waals surface area contributed by atoms with Crippen LogP contribution < -0.4 is 5.32 Å². The van der Waals surface area contributed by atoms with Crippen LogP contribution in [0, 0.1) is 17.7 Å². The fraction of sp³-hybridized carbons (Fsp3) is 0.263. The van der Waals surface area contributed by atoms with Gasteiger partial charge in [-0.3, -0.25) is 9.59 Å². The maximum Gasteiger partial charge on any atom is 0.306 e. The Morgan fingerprint density at radius 1 is 1.08 bits per heavy atom. The Bertz CT molecular complexity index is 807. The van der Waals surface area contributed by atoms with E-state index in [2.05, 4.69) is 5.32 Å². The predicted molar refractivity (Wildman–Crippen MR) is 93.9 cm³/mol. The standard InChI is InChI=1S/C19H17ClFNO3/c20-14-5-3-11(4-6-14)16-10-15(21)7-8-17(16)22-18(23)12-1-2-13(9-12)19(24)25/h3-8,10,12-13H,1-2,9H2,(H,22,23)(H,24,25)/t12-,13+/m0/s1. The molecule has 25 heavy (non-hydrogen) atoms. The fourth-order valence-electron chi connectivity index (χ4n) is 3.17. The van der Waals surface area contributed by atoms with E-state index < -0.39 is 17.7 Å². The molecule has 0 spiro atoms. The topological polar surface area (TPSA) is 66.4 Å². The van der Waals surface area contributed by atoms with E-state index in [1.54, 1.807) is 24.3 Å². The molecule has 1 fully saturated rings. The Balaban J connectivity index is 1.82. The first-order chi connectivity index (χ1) is 11.9. The molecule has 1 amide bonds. The van der Waals surface area contributed by atoms with Crippen LogP contribution in [0.15, 0.2) is 42.5 Å². The minimum absolute atomic E-state index is 0.231. The number of carbonyl (C=O) groups is 2. The maximum atomic E-state index is 13.7. The van der Waals surface area contributed by atoms with Crippen LogP contribution in [0.2, 0.25) is 5.02 Å². The SMILES string of the molecule is O=C(O)[C@@H]1CC[C@H](C(=O)Nc2ccc(F)cc2-c2ccc(Cl)cc2)C1. The van der Waals surface area contributed by atoms with E-state index in [0.29, 0.717) is 35.5 Å². The summed E-state index contributed by atoms with van der Waals surface area (Å²) in [6.45, 7) is 0. The number of carbonyl (C=O) groups excluding carboxylic acids is 1. The summed E-state index contributed by atoms with van der Waals surface area (Å²) in [5, 5.41) is 12.5. The summed E-state index contributed by atoms with van der Waals surface area (Å²) in [6.07, 6.45) is 1.37. The smallest absolute Gasteiger partial charge is 0.306 e. The van der Waals surface area contributed by atoms with Crippen molar-refractivity contribution >= 4 is 29.2 Å². The summed E-state index contributed by atoms with van der Waals surface area (Å²) < 4.78 is 13.7. The molecule has 1 aliphatic carbocycles. The number of anilines is 1. The van der Waals surface area contributed by atoms with Crippen molar-refractivity contribution in [3.8, 4) is 11.1 Å². The largest absolute Gasteiger partial charge is 0.481 e. The van der Waals surface area contributed by atoms with Crippen LogP contribution in [0.25, 0.3) is 11.1 Å². The number of amides is 1. The lowest BCUT2D eigenvalue weighted by molar-refractivity contribution is -0.141. The van der Waals surface area contributed by atoms with E-state index in [9.17, 15) is 14.0 Å². The van der Waals surface area contributed by atoms with Crippen molar-refractivity contribution in [2.45, 2.75) is 19.3 Å². The van der Waals surface area contributed by atoms with Crippen molar-refractivity contribution in [2.75, 3.05) is 5.32 Å². The van der Waals surface area contributed by atoms with E-state index in [-0.39, 0.29) is 11.8 Å². The van der Waals surface area contributed by atoms with Crippen molar-refractivity contribution < 1.29 is 19.1 Å². The van der Waals surface area contributed by atoms with Crippen LogP contribution in [0.1, 0.15) is 19.3 Å². The summed E-state index contributed by atoms with van der Waals surface area (Å²) in [5.41, 5.74) is 1.78. The Morgan fingerprint density at radius 2 is 1.76 bits per heavy atom. The molecule has 0 aliphatic heterocycles. The zero-order chi connectivity index (χ0) is 18.0. The second-order valence-electron chi connectivity index (χ2n) is 6.23. The van der Waals surface area contributed by atoms with Gasteiger partial charge in [-0.05, 0) is 55.2 Å². The van der Waals surface area contributed by atoms with Gasteiger partial charge in [-0.25, -0.2) is 4.39 Å². The third-order valence-electron chi connectivity index (χ3n) is 4.55. The molecule has 2 aromatic rings. The lowest BCUT2D eigenvalue weighted by Crippen LogP contribution is -2.22. The van der Waals surface area contributed by atoms with Crippen molar-refractivity contribution in [2.24, 2.45) is 11.8 Å². The average Bonchev–Trinajstić information content (AvgIpc) is 3.08. The van der Waals surface area contributed by atoms with Gasteiger partial charge in [0.05, 0.1) is 5.92 Å². The Kier molecular flexibility index (Phi) is 5.04. The summed E-state index contributed by atoms with van der Waals surface area (Å²) >= 11 is 5.89. The molecule has 0 heterocycles. The third-order valence-corrected chi connectivity index (χ3v) is 4.80. The molecular formula is C19H17ClFNO3. The zero-order valence-electron chi connectivity index (χ0n) is 13.3. The van der Waals surface area contributed by atoms with Crippen LogP contribution in [0.4, 0.5) is 10.1 Å². The number of aliphatic carboxylic acids is 1. The second kappa shape index (κ2) is 7.23. The average molecular weight is 362 g/mol. The quantitative estimate of drug-likeness (QED) is 0.837. The molecular weight excluding hydrogens is 345 g/mol. The van der Waals surface area contributed by atoms with Crippen LogP contribution in [-0.2, 0) is 9.59 Å². The minimum atomic E-state index is -0.862. The van der Waals surface area contributed by atoms with Crippen LogP contribution in [0.5, 0.6) is 0 Å². The number of hydrogen-bond donors (Lipinski definition) is 2. The first kappa shape index (κ1) is 17.4. The molecule has 6 heteroatoms. The van der Waals surface area contributed by atoms with Crippen molar-refractivity contribution in [1.82, 2.24) is 0 Å². The Morgan fingerprint density at radius 3 is 2.40 bits per heavy atom.